The Labute approximate surface area is 84.7 Å². The quantitative estimate of drug-likeness (QED) is 0.773. The number of aromatic amines is 1. The van der Waals surface area contributed by atoms with E-state index in [0.29, 0.717) is 11.8 Å². The fraction of sp³-hybridized carbons (Fsp3) is 0.800. The molecule has 1 atom stereocenters. The van der Waals surface area contributed by atoms with Gasteiger partial charge < -0.3 is 4.90 Å². The van der Waals surface area contributed by atoms with Crippen molar-refractivity contribution in [1.82, 2.24) is 20.1 Å². The van der Waals surface area contributed by atoms with Crippen molar-refractivity contribution in [3.63, 3.8) is 0 Å². The molecule has 0 aromatic carbocycles. The highest BCUT2D eigenvalue weighted by molar-refractivity contribution is 5.03. The highest BCUT2D eigenvalue weighted by Crippen LogP contribution is 2.23. The lowest BCUT2D eigenvalue weighted by atomic mass is 10.1. The first kappa shape index (κ1) is 9.65. The Morgan fingerprint density at radius 2 is 2.29 bits per heavy atom. The number of H-pyrrole nitrogens is 1. The Kier molecular flexibility index (Phi) is 2.54. The van der Waals surface area contributed by atoms with E-state index in [9.17, 15) is 0 Å². The fourth-order valence-electron chi connectivity index (χ4n) is 1.89. The van der Waals surface area contributed by atoms with Gasteiger partial charge in [-0.25, -0.2) is 4.98 Å². The molecule has 1 aromatic heterocycles. The summed E-state index contributed by atoms with van der Waals surface area (Å²) in [7, 11) is 2.15. The predicted octanol–water partition coefficient (Wildman–Crippen LogP) is 1.35. The second-order valence-corrected chi connectivity index (χ2v) is 4.48. The molecule has 0 bridgehead atoms. The minimum Gasteiger partial charge on any atom is -0.306 e. The number of likely N-dealkylation sites (N-methyl/N-ethyl adjacent to an activating group) is 1. The average Bonchev–Trinajstić information content (AvgIpc) is 2.70. The number of hydrogen-bond donors (Lipinski definition) is 1. The van der Waals surface area contributed by atoms with E-state index in [0.717, 1.165) is 18.2 Å². The van der Waals surface area contributed by atoms with Gasteiger partial charge in [-0.05, 0) is 20.0 Å². The lowest BCUT2D eigenvalue weighted by Crippen LogP contribution is -2.13. The molecule has 0 radical (unpaired) electrons. The zero-order valence-electron chi connectivity index (χ0n) is 9.12. The van der Waals surface area contributed by atoms with Gasteiger partial charge >= 0.3 is 0 Å². The molecule has 1 N–H and O–H groups in total. The van der Waals surface area contributed by atoms with Crippen molar-refractivity contribution >= 4 is 0 Å². The van der Waals surface area contributed by atoms with Crippen LogP contribution in [0.25, 0.3) is 0 Å². The lowest BCUT2D eigenvalue weighted by Gasteiger charge is -2.06. The van der Waals surface area contributed by atoms with Crippen molar-refractivity contribution in [3.8, 4) is 0 Å². The molecule has 2 heterocycles. The third-order valence-electron chi connectivity index (χ3n) is 2.81. The van der Waals surface area contributed by atoms with E-state index in [1.807, 2.05) is 0 Å². The molecule has 4 nitrogen and oxygen atoms in total. The molecule has 1 aromatic rings. The summed E-state index contributed by atoms with van der Waals surface area (Å²) in [5.74, 6) is 2.98. The lowest BCUT2D eigenvalue weighted by molar-refractivity contribution is 0.409. The number of nitrogens with one attached hydrogen (secondary N) is 1. The van der Waals surface area contributed by atoms with Gasteiger partial charge in [0.05, 0.1) is 0 Å². The molecule has 14 heavy (non-hydrogen) atoms. The maximum Gasteiger partial charge on any atom is 0.153 e. The standard InChI is InChI=1S/C10H18N4/c1-7(2)9-11-10(13-12-9)8-4-5-14(3)6-8/h7-8H,4-6H2,1-3H3,(H,11,12,13). The van der Waals surface area contributed by atoms with Crippen LogP contribution in [0.15, 0.2) is 0 Å². The molecule has 0 spiro atoms. The molecule has 4 heteroatoms. The monoisotopic (exact) mass is 194 g/mol. The second-order valence-electron chi connectivity index (χ2n) is 4.48. The SMILES string of the molecule is CC(C)c1n[nH]c(C2CCN(C)C2)n1. The smallest absolute Gasteiger partial charge is 0.153 e. The van der Waals surface area contributed by atoms with Gasteiger partial charge in [0.15, 0.2) is 5.82 Å². The summed E-state index contributed by atoms with van der Waals surface area (Å²) in [6, 6.07) is 0. The first-order valence-electron chi connectivity index (χ1n) is 5.27. The van der Waals surface area contributed by atoms with E-state index in [1.165, 1.54) is 13.0 Å². The van der Waals surface area contributed by atoms with Crippen LogP contribution in [0.4, 0.5) is 0 Å². The summed E-state index contributed by atoms with van der Waals surface area (Å²) >= 11 is 0. The van der Waals surface area contributed by atoms with Crippen molar-refractivity contribution in [2.45, 2.75) is 32.1 Å². The van der Waals surface area contributed by atoms with Crippen molar-refractivity contribution in [2.24, 2.45) is 0 Å². The van der Waals surface area contributed by atoms with Crippen LogP contribution in [0.2, 0.25) is 0 Å². The van der Waals surface area contributed by atoms with E-state index in [1.54, 1.807) is 0 Å². The fourth-order valence-corrected chi connectivity index (χ4v) is 1.89. The minimum atomic E-state index is 0.416. The number of nitrogens with zero attached hydrogens (tertiary/aromatic N) is 3. The van der Waals surface area contributed by atoms with Crippen molar-refractivity contribution in [2.75, 3.05) is 20.1 Å². The zero-order chi connectivity index (χ0) is 10.1. The minimum absolute atomic E-state index is 0.416. The van der Waals surface area contributed by atoms with E-state index >= 15 is 0 Å². The van der Waals surface area contributed by atoms with Crippen LogP contribution in [0, 0.1) is 0 Å². The van der Waals surface area contributed by atoms with Gasteiger partial charge in [-0.1, -0.05) is 13.8 Å². The van der Waals surface area contributed by atoms with Crippen LogP contribution in [-0.2, 0) is 0 Å². The zero-order valence-corrected chi connectivity index (χ0v) is 9.12. The first-order chi connectivity index (χ1) is 6.66. The number of hydrogen-bond acceptors (Lipinski definition) is 3. The Balaban J connectivity index is 2.09. The maximum absolute atomic E-state index is 4.53. The number of rotatable bonds is 2. The van der Waals surface area contributed by atoms with Gasteiger partial charge in [0, 0.05) is 18.4 Å². The van der Waals surface area contributed by atoms with Crippen molar-refractivity contribution < 1.29 is 0 Å². The van der Waals surface area contributed by atoms with Crippen molar-refractivity contribution in [3.05, 3.63) is 11.6 Å². The van der Waals surface area contributed by atoms with Crippen LogP contribution in [0.5, 0.6) is 0 Å². The molecule has 1 saturated heterocycles. The average molecular weight is 194 g/mol. The molecular formula is C10H18N4. The molecule has 78 valence electrons. The van der Waals surface area contributed by atoms with E-state index in [2.05, 4.69) is 41.0 Å². The highest BCUT2D eigenvalue weighted by atomic mass is 15.2. The Morgan fingerprint density at radius 1 is 1.50 bits per heavy atom. The molecule has 0 aliphatic carbocycles. The first-order valence-corrected chi connectivity index (χ1v) is 5.27. The van der Waals surface area contributed by atoms with Gasteiger partial charge in [-0.15, -0.1) is 0 Å². The van der Waals surface area contributed by atoms with Crippen LogP contribution < -0.4 is 0 Å². The summed E-state index contributed by atoms with van der Waals surface area (Å²) in [4.78, 5) is 6.87. The normalized spacial score (nSPS) is 23.6. The summed E-state index contributed by atoms with van der Waals surface area (Å²) in [6.45, 7) is 6.51. The van der Waals surface area contributed by atoms with E-state index < -0.39 is 0 Å². The van der Waals surface area contributed by atoms with Crippen LogP contribution in [0.3, 0.4) is 0 Å². The third-order valence-corrected chi connectivity index (χ3v) is 2.81. The molecule has 1 unspecified atom stereocenters. The second kappa shape index (κ2) is 3.69. The molecule has 0 amide bonds. The third kappa shape index (κ3) is 1.80. The number of likely N-dealkylation sites (tertiary alicyclic amines) is 1. The highest BCUT2D eigenvalue weighted by Gasteiger charge is 2.24. The molecule has 0 saturated carbocycles. The van der Waals surface area contributed by atoms with E-state index in [4.69, 9.17) is 0 Å². The molecule has 1 aliphatic heterocycles. The summed E-state index contributed by atoms with van der Waals surface area (Å²) in [5.41, 5.74) is 0. The molecule has 1 fully saturated rings. The summed E-state index contributed by atoms with van der Waals surface area (Å²) in [6.07, 6.45) is 1.20. The van der Waals surface area contributed by atoms with Gasteiger partial charge in [-0.2, -0.15) is 5.10 Å². The number of aromatic nitrogens is 3. The van der Waals surface area contributed by atoms with Crippen molar-refractivity contribution in [1.29, 1.82) is 0 Å². The van der Waals surface area contributed by atoms with Crippen LogP contribution in [0.1, 0.15) is 43.8 Å². The Hall–Kier alpha value is -0.900. The molecular weight excluding hydrogens is 176 g/mol. The maximum atomic E-state index is 4.53. The Morgan fingerprint density at radius 3 is 2.79 bits per heavy atom. The van der Waals surface area contributed by atoms with Gasteiger partial charge in [-0.3, -0.25) is 5.10 Å². The molecule has 2 rings (SSSR count). The topological polar surface area (TPSA) is 44.8 Å². The van der Waals surface area contributed by atoms with Gasteiger partial charge in [0.1, 0.15) is 5.82 Å². The van der Waals surface area contributed by atoms with E-state index in [-0.39, 0.29) is 0 Å². The largest absolute Gasteiger partial charge is 0.306 e. The summed E-state index contributed by atoms with van der Waals surface area (Å²) < 4.78 is 0. The Bertz CT molecular complexity index is 305. The van der Waals surface area contributed by atoms with Crippen LogP contribution >= 0.6 is 0 Å². The van der Waals surface area contributed by atoms with Crippen LogP contribution in [-0.4, -0.2) is 40.2 Å². The predicted molar refractivity (Wildman–Crippen MR) is 55.3 cm³/mol. The molecule has 1 aliphatic rings. The summed E-state index contributed by atoms with van der Waals surface area (Å²) in [5, 5.41) is 7.29. The van der Waals surface area contributed by atoms with Gasteiger partial charge in [0.2, 0.25) is 0 Å². The van der Waals surface area contributed by atoms with Gasteiger partial charge in [0.25, 0.3) is 0 Å².